The minimum Gasteiger partial charge on any atom is -0.391 e. The summed E-state index contributed by atoms with van der Waals surface area (Å²) < 4.78 is 0. The number of carbonyl (C=O) groups is 1. The number of rotatable bonds is 11. The highest BCUT2D eigenvalue weighted by atomic mass is 16.7. The van der Waals surface area contributed by atoms with Crippen molar-refractivity contribution in [3.05, 3.63) is 12.3 Å². The molecule has 0 aromatic heterocycles. The molecule has 0 aliphatic rings. The molecule has 0 amide bonds. The standard InChI is InChI=1S/C14H28N2O2/c1-6-7-8-9-10-18-16(5)14(11-12(2)17)13(3)15-4/h14-15H,3,6-11H2,1-2,4-5H3/t14-/m0/s1. The lowest BCUT2D eigenvalue weighted by molar-refractivity contribution is -0.164. The van der Waals surface area contributed by atoms with Gasteiger partial charge in [0.1, 0.15) is 5.78 Å². The molecule has 0 aliphatic heterocycles. The van der Waals surface area contributed by atoms with Crippen molar-refractivity contribution in [2.75, 3.05) is 20.7 Å². The quantitative estimate of drug-likeness (QED) is 0.455. The third kappa shape index (κ3) is 7.45. The van der Waals surface area contributed by atoms with E-state index in [1.165, 1.54) is 19.3 Å². The van der Waals surface area contributed by atoms with Crippen LogP contribution >= 0.6 is 0 Å². The maximum Gasteiger partial charge on any atom is 0.131 e. The van der Waals surface area contributed by atoms with Gasteiger partial charge in [-0.05, 0) is 13.3 Å². The van der Waals surface area contributed by atoms with E-state index in [1.807, 2.05) is 14.1 Å². The highest BCUT2D eigenvalue weighted by Gasteiger charge is 2.20. The number of carbonyl (C=O) groups excluding carboxylic acids is 1. The van der Waals surface area contributed by atoms with Crippen molar-refractivity contribution in [3.8, 4) is 0 Å². The zero-order valence-electron chi connectivity index (χ0n) is 12.3. The lowest BCUT2D eigenvalue weighted by Crippen LogP contribution is -2.38. The van der Waals surface area contributed by atoms with Crippen LogP contribution in [-0.4, -0.2) is 37.6 Å². The first kappa shape index (κ1) is 17.1. The second-order valence-corrected chi connectivity index (χ2v) is 4.64. The molecule has 0 saturated carbocycles. The topological polar surface area (TPSA) is 41.6 Å². The van der Waals surface area contributed by atoms with E-state index >= 15 is 0 Å². The van der Waals surface area contributed by atoms with Crippen LogP contribution < -0.4 is 5.32 Å². The maximum absolute atomic E-state index is 11.2. The molecule has 0 saturated heterocycles. The van der Waals surface area contributed by atoms with Gasteiger partial charge in [-0.1, -0.05) is 32.8 Å². The van der Waals surface area contributed by atoms with Crippen LogP contribution in [-0.2, 0) is 9.63 Å². The first-order valence-corrected chi connectivity index (χ1v) is 6.74. The zero-order chi connectivity index (χ0) is 14.0. The van der Waals surface area contributed by atoms with Gasteiger partial charge in [0.25, 0.3) is 0 Å². The van der Waals surface area contributed by atoms with Gasteiger partial charge in [0.15, 0.2) is 0 Å². The molecule has 0 bridgehead atoms. The summed E-state index contributed by atoms with van der Waals surface area (Å²) in [4.78, 5) is 16.9. The summed E-state index contributed by atoms with van der Waals surface area (Å²) >= 11 is 0. The summed E-state index contributed by atoms with van der Waals surface area (Å²) in [6.45, 7) is 8.39. The molecule has 1 atom stereocenters. The molecule has 0 aliphatic carbocycles. The number of nitrogens with one attached hydrogen (secondary N) is 1. The SMILES string of the molecule is C=C(NC)[C@H](CC(C)=O)N(C)OCCCCCC. The smallest absolute Gasteiger partial charge is 0.131 e. The number of unbranched alkanes of at least 4 members (excludes halogenated alkanes) is 3. The van der Waals surface area contributed by atoms with E-state index in [0.29, 0.717) is 13.0 Å². The molecule has 0 radical (unpaired) electrons. The molecular formula is C14H28N2O2. The lowest BCUT2D eigenvalue weighted by atomic mass is 10.1. The van der Waals surface area contributed by atoms with Crippen molar-refractivity contribution < 1.29 is 9.63 Å². The molecule has 0 fully saturated rings. The lowest BCUT2D eigenvalue weighted by Gasteiger charge is -2.28. The molecule has 0 rings (SSSR count). The fourth-order valence-corrected chi connectivity index (χ4v) is 1.74. The van der Waals surface area contributed by atoms with Crippen molar-refractivity contribution in [1.29, 1.82) is 0 Å². The first-order valence-electron chi connectivity index (χ1n) is 6.74. The van der Waals surface area contributed by atoms with Gasteiger partial charge < -0.3 is 5.32 Å². The Balaban J connectivity index is 4.08. The maximum atomic E-state index is 11.2. The van der Waals surface area contributed by atoms with E-state index in [-0.39, 0.29) is 11.8 Å². The van der Waals surface area contributed by atoms with E-state index in [0.717, 1.165) is 12.1 Å². The number of nitrogens with zero attached hydrogens (tertiary/aromatic N) is 1. The Bertz CT molecular complexity index is 254. The second kappa shape index (κ2) is 10.1. The number of Topliss-reactive ketones (excluding diaryl/α,β-unsaturated/α-hetero) is 1. The minimum atomic E-state index is -0.0984. The summed E-state index contributed by atoms with van der Waals surface area (Å²) in [5.41, 5.74) is 0.807. The third-order valence-electron chi connectivity index (χ3n) is 2.94. The minimum absolute atomic E-state index is 0.0984. The third-order valence-corrected chi connectivity index (χ3v) is 2.94. The summed E-state index contributed by atoms with van der Waals surface area (Å²) in [5.74, 6) is 0.137. The van der Waals surface area contributed by atoms with E-state index in [2.05, 4.69) is 18.8 Å². The van der Waals surface area contributed by atoms with Crippen LogP contribution in [0.2, 0.25) is 0 Å². The molecule has 4 nitrogen and oxygen atoms in total. The number of hydroxylamine groups is 2. The van der Waals surface area contributed by atoms with Gasteiger partial charge in [-0.15, -0.1) is 0 Å². The summed E-state index contributed by atoms with van der Waals surface area (Å²) in [6, 6.07) is -0.0984. The van der Waals surface area contributed by atoms with Crippen LogP contribution in [0.5, 0.6) is 0 Å². The first-order chi connectivity index (χ1) is 8.52. The van der Waals surface area contributed by atoms with Crippen molar-refractivity contribution in [3.63, 3.8) is 0 Å². The van der Waals surface area contributed by atoms with Crippen molar-refractivity contribution in [2.24, 2.45) is 0 Å². The molecule has 0 unspecified atom stereocenters. The van der Waals surface area contributed by atoms with Gasteiger partial charge in [-0.2, -0.15) is 5.06 Å². The Labute approximate surface area is 111 Å². The normalized spacial score (nSPS) is 12.5. The molecule has 4 heteroatoms. The number of likely N-dealkylation sites (N-methyl/N-ethyl adjacent to an activating group) is 2. The average Bonchev–Trinajstić information content (AvgIpc) is 2.34. The van der Waals surface area contributed by atoms with Crippen LogP contribution in [0, 0.1) is 0 Å². The highest BCUT2D eigenvalue weighted by molar-refractivity contribution is 5.76. The fourth-order valence-electron chi connectivity index (χ4n) is 1.74. The highest BCUT2D eigenvalue weighted by Crippen LogP contribution is 2.11. The average molecular weight is 256 g/mol. The second-order valence-electron chi connectivity index (χ2n) is 4.64. The number of ketones is 1. The van der Waals surface area contributed by atoms with Gasteiger partial charge in [-0.3, -0.25) is 9.63 Å². The molecule has 0 heterocycles. The van der Waals surface area contributed by atoms with Crippen molar-refractivity contribution >= 4 is 5.78 Å². The van der Waals surface area contributed by atoms with E-state index in [9.17, 15) is 4.79 Å². The van der Waals surface area contributed by atoms with Gasteiger partial charge in [0.05, 0.1) is 12.6 Å². The molecule has 1 N–H and O–H groups in total. The largest absolute Gasteiger partial charge is 0.391 e. The van der Waals surface area contributed by atoms with E-state index in [1.54, 1.807) is 12.0 Å². The Morgan fingerprint density at radius 2 is 2.06 bits per heavy atom. The van der Waals surface area contributed by atoms with E-state index in [4.69, 9.17) is 4.84 Å². The van der Waals surface area contributed by atoms with E-state index < -0.39 is 0 Å². The van der Waals surface area contributed by atoms with Crippen LogP contribution in [0.4, 0.5) is 0 Å². The Morgan fingerprint density at radius 1 is 1.39 bits per heavy atom. The molecular weight excluding hydrogens is 228 g/mol. The van der Waals surface area contributed by atoms with Gasteiger partial charge in [-0.25, -0.2) is 0 Å². The molecule has 0 spiro atoms. The molecule has 0 aromatic carbocycles. The van der Waals surface area contributed by atoms with Crippen LogP contribution in [0.1, 0.15) is 46.0 Å². The Hall–Kier alpha value is -0.870. The summed E-state index contributed by atoms with van der Waals surface area (Å²) in [6.07, 6.45) is 5.13. The van der Waals surface area contributed by atoms with Crippen molar-refractivity contribution in [2.45, 2.75) is 52.0 Å². The molecule has 18 heavy (non-hydrogen) atoms. The number of hydrogen-bond donors (Lipinski definition) is 1. The predicted octanol–water partition coefficient (Wildman–Crippen LogP) is 2.51. The summed E-state index contributed by atoms with van der Waals surface area (Å²) in [5, 5.41) is 4.74. The van der Waals surface area contributed by atoms with Crippen LogP contribution in [0.25, 0.3) is 0 Å². The summed E-state index contributed by atoms with van der Waals surface area (Å²) in [7, 11) is 3.67. The monoisotopic (exact) mass is 256 g/mol. The fraction of sp³-hybridized carbons (Fsp3) is 0.786. The zero-order valence-corrected chi connectivity index (χ0v) is 12.3. The Kier molecular flexibility index (Phi) is 9.60. The van der Waals surface area contributed by atoms with Gasteiger partial charge >= 0.3 is 0 Å². The van der Waals surface area contributed by atoms with Crippen LogP contribution in [0.3, 0.4) is 0 Å². The Morgan fingerprint density at radius 3 is 2.56 bits per heavy atom. The molecule has 106 valence electrons. The molecule has 0 aromatic rings. The van der Waals surface area contributed by atoms with Gasteiger partial charge in [0.2, 0.25) is 0 Å². The van der Waals surface area contributed by atoms with Crippen molar-refractivity contribution in [1.82, 2.24) is 10.4 Å². The van der Waals surface area contributed by atoms with Crippen LogP contribution in [0.15, 0.2) is 12.3 Å². The predicted molar refractivity (Wildman–Crippen MR) is 75.1 cm³/mol. The number of hydrogen-bond acceptors (Lipinski definition) is 4. The van der Waals surface area contributed by atoms with Gasteiger partial charge in [0, 0.05) is 26.2 Å².